The molecule has 1 aliphatic carbocycles. The van der Waals surface area contributed by atoms with E-state index >= 15 is 0 Å². The maximum absolute atomic E-state index is 12.1. The van der Waals surface area contributed by atoms with Crippen molar-refractivity contribution in [1.29, 1.82) is 0 Å². The molecular weight excluding hydrogens is 276 g/mol. The van der Waals surface area contributed by atoms with Gasteiger partial charge in [0, 0.05) is 5.71 Å². The molecule has 5 nitrogen and oxygen atoms in total. The monoisotopic (exact) mass is 294 g/mol. The number of aryl methyl sites for hydroxylation is 1. The normalized spacial score (nSPS) is 17.6. The first-order chi connectivity index (χ1) is 9.28. The van der Waals surface area contributed by atoms with Crippen LogP contribution in [0.1, 0.15) is 32.3 Å². The van der Waals surface area contributed by atoms with Crippen LogP contribution in [0.3, 0.4) is 0 Å². The first-order valence-corrected chi connectivity index (χ1v) is 7.90. The smallest absolute Gasteiger partial charge is 0.276 e. The minimum Gasteiger partial charge on any atom is -0.299 e. The van der Waals surface area contributed by atoms with Crippen LogP contribution in [0.15, 0.2) is 34.3 Å². The van der Waals surface area contributed by atoms with Crippen molar-refractivity contribution in [2.75, 3.05) is 0 Å². The summed E-state index contributed by atoms with van der Waals surface area (Å²) in [6, 6.07) is 6.51. The van der Waals surface area contributed by atoms with Crippen LogP contribution in [-0.2, 0) is 14.8 Å². The molecule has 0 heterocycles. The summed E-state index contributed by atoms with van der Waals surface area (Å²) >= 11 is 0. The van der Waals surface area contributed by atoms with E-state index in [1.165, 1.54) is 19.1 Å². The van der Waals surface area contributed by atoms with Crippen molar-refractivity contribution in [1.82, 2.24) is 4.83 Å². The quantitative estimate of drug-likeness (QED) is 0.667. The second kappa shape index (κ2) is 5.01. The predicted octanol–water partition coefficient (Wildman–Crippen LogP) is 2.02. The summed E-state index contributed by atoms with van der Waals surface area (Å²) in [4.78, 5) is 13.9. The molecule has 108 valence electrons. The average Bonchev–Trinajstić information content (AvgIpc) is 3.18. The van der Waals surface area contributed by atoms with E-state index in [1.807, 2.05) is 6.92 Å². The Balaban J connectivity index is 2.17. The highest BCUT2D eigenvalue weighted by molar-refractivity contribution is 7.89. The van der Waals surface area contributed by atoms with Crippen LogP contribution in [0.2, 0.25) is 0 Å². The van der Waals surface area contributed by atoms with E-state index in [2.05, 4.69) is 9.93 Å². The Hall–Kier alpha value is -1.69. The number of ketones is 1. The van der Waals surface area contributed by atoms with Crippen molar-refractivity contribution >= 4 is 21.5 Å². The number of nitrogens with one attached hydrogen (secondary N) is 1. The fraction of sp³-hybridized carbons (Fsp3) is 0.429. The van der Waals surface area contributed by atoms with Gasteiger partial charge in [-0.25, -0.2) is 4.83 Å². The Morgan fingerprint density at radius 3 is 2.20 bits per heavy atom. The number of benzene rings is 1. The van der Waals surface area contributed by atoms with Crippen LogP contribution >= 0.6 is 0 Å². The molecule has 0 radical (unpaired) electrons. The van der Waals surface area contributed by atoms with Gasteiger partial charge in [0.1, 0.15) is 5.78 Å². The molecule has 0 bridgehead atoms. The van der Waals surface area contributed by atoms with Crippen molar-refractivity contribution in [2.24, 2.45) is 10.5 Å². The fourth-order valence-corrected chi connectivity index (χ4v) is 2.96. The summed E-state index contributed by atoms with van der Waals surface area (Å²) in [5.74, 6) is 0.0354. The van der Waals surface area contributed by atoms with Crippen molar-refractivity contribution in [3.05, 3.63) is 29.8 Å². The molecule has 20 heavy (non-hydrogen) atoms. The van der Waals surface area contributed by atoms with Crippen LogP contribution < -0.4 is 4.83 Å². The van der Waals surface area contributed by atoms with Gasteiger partial charge >= 0.3 is 0 Å². The molecule has 1 aromatic rings. The molecule has 0 atom stereocenters. The predicted molar refractivity (Wildman–Crippen MR) is 77.0 cm³/mol. The van der Waals surface area contributed by atoms with Gasteiger partial charge < -0.3 is 0 Å². The van der Waals surface area contributed by atoms with Gasteiger partial charge in [0.05, 0.1) is 10.3 Å². The average molecular weight is 294 g/mol. The van der Waals surface area contributed by atoms with Crippen LogP contribution in [0.4, 0.5) is 0 Å². The van der Waals surface area contributed by atoms with Crippen molar-refractivity contribution < 1.29 is 13.2 Å². The SMILES string of the molecule is CC(=O)C1(/C(C)=N/NS(=O)(=O)c2ccc(C)cc2)CC1. The lowest BCUT2D eigenvalue weighted by Gasteiger charge is -2.11. The maximum atomic E-state index is 12.1. The summed E-state index contributed by atoms with van der Waals surface area (Å²) in [6.07, 6.45) is 1.48. The summed E-state index contributed by atoms with van der Waals surface area (Å²) < 4.78 is 24.1. The van der Waals surface area contributed by atoms with Crippen LogP contribution in [0.25, 0.3) is 0 Å². The molecule has 0 amide bonds. The molecule has 1 fully saturated rings. The number of hydrogen-bond acceptors (Lipinski definition) is 4. The summed E-state index contributed by atoms with van der Waals surface area (Å²) in [5, 5.41) is 3.91. The number of nitrogens with zero attached hydrogens (tertiary/aromatic N) is 1. The minimum atomic E-state index is -3.68. The van der Waals surface area contributed by atoms with Gasteiger partial charge in [-0.1, -0.05) is 17.7 Å². The summed E-state index contributed by atoms with van der Waals surface area (Å²) in [5.41, 5.74) is 0.966. The molecule has 1 N–H and O–H groups in total. The van der Waals surface area contributed by atoms with Gasteiger partial charge in [0.15, 0.2) is 0 Å². The third-order valence-electron chi connectivity index (χ3n) is 3.78. The number of hydrazone groups is 1. The zero-order valence-corrected chi connectivity index (χ0v) is 12.6. The lowest BCUT2D eigenvalue weighted by Crippen LogP contribution is -2.26. The molecule has 1 aromatic carbocycles. The van der Waals surface area contributed by atoms with E-state index in [0.29, 0.717) is 5.71 Å². The van der Waals surface area contributed by atoms with Crippen molar-refractivity contribution in [2.45, 2.75) is 38.5 Å². The van der Waals surface area contributed by atoms with E-state index in [1.54, 1.807) is 19.1 Å². The Bertz CT molecular complexity index is 656. The zero-order valence-electron chi connectivity index (χ0n) is 11.8. The molecule has 0 spiro atoms. The number of hydrogen-bond donors (Lipinski definition) is 1. The Morgan fingerprint density at radius 2 is 1.75 bits per heavy atom. The molecule has 6 heteroatoms. The Morgan fingerprint density at radius 1 is 1.20 bits per heavy atom. The van der Waals surface area contributed by atoms with Gasteiger partial charge in [-0.3, -0.25) is 4.79 Å². The molecule has 0 aliphatic heterocycles. The summed E-state index contributed by atoms with van der Waals surface area (Å²) in [6.45, 7) is 5.09. The Labute approximate surface area is 119 Å². The number of sulfonamides is 1. The molecule has 1 aliphatic rings. The molecule has 2 rings (SSSR count). The third kappa shape index (κ3) is 2.75. The zero-order chi connectivity index (χ0) is 15.0. The molecule has 0 unspecified atom stereocenters. The standard InChI is InChI=1S/C14H18N2O3S/c1-10-4-6-13(7-5-10)20(18,19)16-15-11(2)14(8-9-14)12(3)17/h4-7,16H,8-9H2,1-3H3/b15-11+. The fourth-order valence-electron chi connectivity index (χ4n) is 2.10. The summed E-state index contributed by atoms with van der Waals surface area (Å²) in [7, 11) is -3.68. The highest BCUT2D eigenvalue weighted by Gasteiger charge is 2.50. The third-order valence-corrected chi connectivity index (χ3v) is 5.01. The highest BCUT2D eigenvalue weighted by atomic mass is 32.2. The van der Waals surface area contributed by atoms with Gasteiger partial charge in [0.2, 0.25) is 0 Å². The van der Waals surface area contributed by atoms with E-state index in [4.69, 9.17) is 0 Å². The number of rotatable bonds is 5. The van der Waals surface area contributed by atoms with Crippen LogP contribution in [0.5, 0.6) is 0 Å². The topological polar surface area (TPSA) is 75.6 Å². The first kappa shape index (κ1) is 14.7. The highest BCUT2D eigenvalue weighted by Crippen LogP contribution is 2.47. The first-order valence-electron chi connectivity index (χ1n) is 6.42. The maximum Gasteiger partial charge on any atom is 0.276 e. The van der Waals surface area contributed by atoms with E-state index < -0.39 is 15.4 Å². The van der Waals surface area contributed by atoms with Crippen molar-refractivity contribution in [3.8, 4) is 0 Å². The van der Waals surface area contributed by atoms with Gasteiger partial charge in [-0.05, 0) is 45.7 Å². The molecule has 1 saturated carbocycles. The number of carbonyl (C=O) groups excluding carboxylic acids is 1. The largest absolute Gasteiger partial charge is 0.299 e. The van der Waals surface area contributed by atoms with E-state index in [9.17, 15) is 13.2 Å². The van der Waals surface area contributed by atoms with Crippen molar-refractivity contribution in [3.63, 3.8) is 0 Å². The minimum absolute atomic E-state index is 0.0354. The van der Waals surface area contributed by atoms with Crippen LogP contribution in [0, 0.1) is 12.3 Å². The van der Waals surface area contributed by atoms with Gasteiger partial charge in [0.25, 0.3) is 10.0 Å². The second-order valence-corrected chi connectivity index (χ2v) is 6.90. The number of Topliss-reactive ketones (excluding diaryl/α,β-unsaturated/α-hetero) is 1. The van der Waals surface area contributed by atoms with E-state index in [0.717, 1.165) is 18.4 Å². The Kier molecular flexibility index (Phi) is 3.69. The van der Waals surface area contributed by atoms with E-state index in [-0.39, 0.29) is 10.7 Å². The lowest BCUT2D eigenvalue weighted by atomic mass is 9.97. The van der Waals surface area contributed by atoms with Crippen LogP contribution in [-0.4, -0.2) is 19.9 Å². The molecular formula is C14H18N2O3S. The lowest BCUT2D eigenvalue weighted by molar-refractivity contribution is -0.119. The molecule has 0 aromatic heterocycles. The second-order valence-electron chi connectivity index (χ2n) is 5.24. The molecule has 0 saturated heterocycles. The van der Waals surface area contributed by atoms with Gasteiger partial charge in [-0.15, -0.1) is 0 Å². The van der Waals surface area contributed by atoms with Gasteiger partial charge in [-0.2, -0.15) is 13.5 Å². The number of carbonyl (C=O) groups is 1.